The molecule has 0 radical (unpaired) electrons. The number of phenols is 1. The SMILES string of the molecule is CCCn1ccc(N(Cc2ccc(O)cc2)C(=O)OC(C)(C)C)n1. The first-order valence-electron chi connectivity index (χ1n) is 8.10. The number of aromatic nitrogens is 2. The van der Waals surface area contributed by atoms with Crippen molar-refractivity contribution in [1.29, 1.82) is 0 Å². The van der Waals surface area contributed by atoms with Crippen molar-refractivity contribution >= 4 is 11.9 Å². The van der Waals surface area contributed by atoms with Crippen LogP contribution in [0, 0.1) is 0 Å². The number of carbonyl (C=O) groups excluding carboxylic acids is 1. The van der Waals surface area contributed by atoms with Gasteiger partial charge in [-0.25, -0.2) is 4.79 Å². The maximum Gasteiger partial charge on any atom is 0.416 e. The summed E-state index contributed by atoms with van der Waals surface area (Å²) in [4.78, 5) is 14.1. The fourth-order valence-electron chi connectivity index (χ4n) is 2.19. The van der Waals surface area contributed by atoms with Gasteiger partial charge in [0.05, 0.1) is 6.54 Å². The summed E-state index contributed by atoms with van der Waals surface area (Å²) >= 11 is 0. The number of anilines is 1. The number of nitrogens with zero attached hydrogens (tertiary/aromatic N) is 3. The Labute approximate surface area is 142 Å². The highest BCUT2D eigenvalue weighted by atomic mass is 16.6. The zero-order valence-electron chi connectivity index (χ0n) is 14.7. The van der Waals surface area contributed by atoms with E-state index in [9.17, 15) is 9.90 Å². The highest BCUT2D eigenvalue weighted by Gasteiger charge is 2.25. The lowest BCUT2D eigenvalue weighted by Gasteiger charge is -2.26. The predicted molar refractivity (Wildman–Crippen MR) is 93.0 cm³/mol. The molecule has 1 aromatic heterocycles. The average molecular weight is 331 g/mol. The van der Waals surface area contributed by atoms with Crippen LogP contribution in [-0.2, 0) is 17.8 Å². The van der Waals surface area contributed by atoms with Crippen LogP contribution in [0.5, 0.6) is 5.75 Å². The van der Waals surface area contributed by atoms with Gasteiger partial charge in [0, 0.05) is 18.8 Å². The molecule has 1 amide bonds. The maximum absolute atomic E-state index is 12.6. The highest BCUT2D eigenvalue weighted by molar-refractivity contribution is 5.86. The first kappa shape index (κ1) is 17.8. The van der Waals surface area contributed by atoms with Crippen molar-refractivity contribution in [2.45, 2.75) is 52.8 Å². The van der Waals surface area contributed by atoms with E-state index in [-0.39, 0.29) is 5.75 Å². The molecule has 0 bridgehead atoms. The molecule has 130 valence electrons. The summed E-state index contributed by atoms with van der Waals surface area (Å²) in [5, 5.41) is 13.9. The first-order valence-corrected chi connectivity index (χ1v) is 8.10. The van der Waals surface area contributed by atoms with Crippen LogP contribution < -0.4 is 4.90 Å². The van der Waals surface area contributed by atoms with Crippen molar-refractivity contribution in [3.05, 3.63) is 42.1 Å². The molecule has 0 saturated heterocycles. The molecule has 0 saturated carbocycles. The van der Waals surface area contributed by atoms with Crippen LogP contribution >= 0.6 is 0 Å². The van der Waals surface area contributed by atoms with Crippen LogP contribution in [0.2, 0.25) is 0 Å². The number of hydrogen-bond donors (Lipinski definition) is 1. The largest absolute Gasteiger partial charge is 0.508 e. The Morgan fingerprint density at radius 2 is 1.92 bits per heavy atom. The lowest BCUT2D eigenvalue weighted by Crippen LogP contribution is -2.36. The molecule has 1 heterocycles. The number of ether oxygens (including phenoxy) is 1. The molecule has 0 spiro atoms. The molecule has 6 heteroatoms. The van der Waals surface area contributed by atoms with Crippen LogP contribution in [-0.4, -0.2) is 26.6 Å². The third-order valence-corrected chi connectivity index (χ3v) is 3.25. The third-order valence-electron chi connectivity index (χ3n) is 3.25. The van der Waals surface area contributed by atoms with Gasteiger partial charge < -0.3 is 9.84 Å². The van der Waals surface area contributed by atoms with E-state index in [0.717, 1.165) is 18.5 Å². The zero-order valence-corrected chi connectivity index (χ0v) is 14.7. The Kier molecular flexibility index (Phi) is 5.49. The lowest BCUT2D eigenvalue weighted by atomic mass is 10.2. The van der Waals surface area contributed by atoms with E-state index in [1.807, 2.05) is 31.6 Å². The predicted octanol–water partition coefficient (Wildman–Crippen LogP) is 3.94. The monoisotopic (exact) mass is 331 g/mol. The number of rotatable bonds is 5. The molecule has 24 heavy (non-hydrogen) atoms. The summed E-state index contributed by atoms with van der Waals surface area (Å²) in [7, 11) is 0. The standard InChI is InChI=1S/C18H25N3O3/c1-5-11-20-12-10-16(19-20)21(17(23)24-18(2,3)4)13-14-6-8-15(22)9-7-14/h6-10,12,22H,5,11,13H2,1-4H3. The summed E-state index contributed by atoms with van der Waals surface area (Å²) in [6.07, 6.45) is 2.37. The Balaban J connectivity index is 2.25. The van der Waals surface area contributed by atoms with Crippen molar-refractivity contribution in [2.24, 2.45) is 0 Å². The summed E-state index contributed by atoms with van der Waals surface area (Å²) < 4.78 is 7.32. The Morgan fingerprint density at radius 3 is 2.50 bits per heavy atom. The molecular weight excluding hydrogens is 306 g/mol. The van der Waals surface area contributed by atoms with E-state index in [4.69, 9.17) is 4.74 Å². The van der Waals surface area contributed by atoms with E-state index >= 15 is 0 Å². The van der Waals surface area contributed by atoms with Gasteiger partial charge in [-0.15, -0.1) is 0 Å². The van der Waals surface area contributed by atoms with Gasteiger partial charge in [0.25, 0.3) is 0 Å². The summed E-state index contributed by atoms with van der Waals surface area (Å²) in [5.41, 5.74) is 0.291. The average Bonchev–Trinajstić information content (AvgIpc) is 2.93. The number of carbonyl (C=O) groups is 1. The number of benzene rings is 1. The van der Waals surface area contributed by atoms with Gasteiger partial charge in [-0.05, 0) is 44.9 Å². The van der Waals surface area contributed by atoms with E-state index in [1.165, 1.54) is 4.90 Å². The van der Waals surface area contributed by atoms with Crippen molar-refractivity contribution in [3.8, 4) is 5.75 Å². The fourth-order valence-corrected chi connectivity index (χ4v) is 2.19. The molecular formula is C18H25N3O3. The highest BCUT2D eigenvalue weighted by Crippen LogP contribution is 2.20. The van der Waals surface area contributed by atoms with Gasteiger partial charge in [-0.3, -0.25) is 9.58 Å². The Morgan fingerprint density at radius 1 is 1.25 bits per heavy atom. The quantitative estimate of drug-likeness (QED) is 0.901. The number of phenolic OH excluding ortho intramolecular Hbond substituents is 1. The van der Waals surface area contributed by atoms with Gasteiger partial charge in [0.2, 0.25) is 0 Å². The van der Waals surface area contributed by atoms with Gasteiger partial charge in [-0.2, -0.15) is 5.10 Å². The van der Waals surface area contributed by atoms with E-state index in [0.29, 0.717) is 12.4 Å². The summed E-state index contributed by atoms with van der Waals surface area (Å²) in [5.74, 6) is 0.737. The minimum atomic E-state index is -0.587. The second kappa shape index (κ2) is 7.38. The zero-order chi connectivity index (χ0) is 17.7. The number of aryl methyl sites for hydroxylation is 1. The van der Waals surface area contributed by atoms with Gasteiger partial charge in [-0.1, -0.05) is 19.1 Å². The molecule has 1 N–H and O–H groups in total. The first-order chi connectivity index (χ1) is 11.3. The van der Waals surface area contributed by atoms with Crippen molar-refractivity contribution in [1.82, 2.24) is 9.78 Å². The van der Waals surface area contributed by atoms with Crippen LogP contribution in [0.1, 0.15) is 39.7 Å². The van der Waals surface area contributed by atoms with Crippen LogP contribution in [0.3, 0.4) is 0 Å². The molecule has 0 aliphatic rings. The van der Waals surface area contributed by atoms with Gasteiger partial charge in [0.1, 0.15) is 11.4 Å². The second-order valence-electron chi connectivity index (χ2n) is 6.67. The Hall–Kier alpha value is -2.50. The number of amides is 1. The van der Waals surface area contributed by atoms with E-state index < -0.39 is 11.7 Å². The molecule has 0 aliphatic heterocycles. The summed E-state index contributed by atoms with van der Waals surface area (Å²) in [6.45, 7) is 8.68. The lowest BCUT2D eigenvalue weighted by molar-refractivity contribution is 0.0576. The number of aromatic hydroxyl groups is 1. The maximum atomic E-state index is 12.6. The molecule has 1 aromatic carbocycles. The van der Waals surface area contributed by atoms with Crippen molar-refractivity contribution in [2.75, 3.05) is 4.90 Å². The minimum Gasteiger partial charge on any atom is -0.508 e. The second-order valence-corrected chi connectivity index (χ2v) is 6.67. The third kappa shape index (κ3) is 5.01. The minimum absolute atomic E-state index is 0.190. The van der Waals surface area contributed by atoms with Gasteiger partial charge in [0.15, 0.2) is 5.82 Å². The summed E-state index contributed by atoms with van der Waals surface area (Å²) in [6, 6.07) is 8.54. The van der Waals surface area contributed by atoms with Crippen LogP contribution in [0.4, 0.5) is 10.6 Å². The van der Waals surface area contributed by atoms with Crippen molar-refractivity contribution in [3.63, 3.8) is 0 Å². The molecule has 6 nitrogen and oxygen atoms in total. The normalized spacial score (nSPS) is 11.3. The number of hydrogen-bond acceptors (Lipinski definition) is 4. The van der Waals surface area contributed by atoms with Crippen LogP contribution in [0.15, 0.2) is 36.5 Å². The Bertz CT molecular complexity index is 672. The molecule has 0 atom stereocenters. The van der Waals surface area contributed by atoms with E-state index in [1.54, 1.807) is 30.3 Å². The van der Waals surface area contributed by atoms with Crippen LogP contribution in [0.25, 0.3) is 0 Å². The molecule has 0 aliphatic carbocycles. The molecule has 2 aromatic rings. The van der Waals surface area contributed by atoms with Crippen molar-refractivity contribution < 1.29 is 14.6 Å². The topological polar surface area (TPSA) is 67.6 Å². The van der Waals surface area contributed by atoms with Gasteiger partial charge >= 0.3 is 6.09 Å². The molecule has 2 rings (SSSR count). The smallest absolute Gasteiger partial charge is 0.416 e. The molecule has 0 fully saturated rings. The van der Waals surface area contributed by atoms with E-state index in [2.05, 4.69) is 12.0 Å². The fraction of sp³-hybridized carbons (Fsp3) is 0.444. The molecule has 0 unspecified atom stereocenters.